The van der Waals surface area contributed by atoms with Crippen molar-refractivity contribution in [1.82, 2.24) is 0 Å². The maximum Gasteiger partial charge on any atom is 0.269 e. The van der Waals surface area contributed by atoms with Crippen LogP contribution >= 0.6 is 0 Å². The second kappa shape index (κ2) is 3.55. The van der Waals surface area contributed by atoms with E-state index in [1.807, 2.05) is 6.92 Å². The first-order valence-electron chi connectivity index (χ1n) is 4.63. The van der Waals surface area contributed by atoms with Crippen LogP contribution in [0.3, 0.4) is 0 Å². The third-order valence-electron chi connectivity index (χ3n) is 2.84. The van der Waals surface area contributed by atoms with E-state index in [1.165, 1.54) is 0 Å². The second-order valence-electron chi connectivity index (χ2n) is 3.61. The van der Waals surface area contributed by atoms with Crippen LogP contribution < -0.4 is 0 Å². The van der Waals surface area contributed by atoms with E-state index in [2.05, 4.69) is 6.58 Å². The summed E-state index contributed by atoms with van der Waals surface area (Å²) in [4.78, 5) is 0. The van der Waals surface area contributed by atoms with Gasteiger partial charge in [-0.2, -0.15) is 0 Å². The lowest BCUT2D eigenvalue weighted by Crippen LogP contribution is -2.39. The van der Waals surface area contributed by atoms with Crippen LogP contribution in [0.4, 0.5) is 8.78 Å². The van der Waals surface area contributed by atoms with E-state index in [4.69, 9.17) is 0 Å². The van der Waals surface area contributed by atoms with E-state index in [0.29, 0.717) is 6.42 Å². The van der Waals surface area contributed by atoms with Gasteiger partial charge in [0, 0.05) is 5.92 Å². The van der Waals surface area contributed by atoms with Gasteiger partial charge >= 0.3 is 0 Å². The number of alkyl halides is 2. The third-order valence-corrected chi connectivity index (χ3v) is 2.84. The van der Waals surface area contributed by atoms with Gasteiger partial charge in [-0.15, -0.1) is 0 Å². The standard InChI is InChI=1S/C10H16F2/c1-3-5-8-6-7-9(8)10(11,12)4-2/h4,8-9H,2-3,5-7H2,1H3. The van der Waals surface area contributed by atoms with E-state index in [0.717, 1.165) is 25.3 Å². The largest absolute Gasteiger partial charge is 0.269 e. The van der Waals surface area contributed by atoms with E-state index >= 15 is 0 Å². The van der Waals surface area contributed by atoms with Crippen molar-refractivity contribution in [1.29, 1.82) is 0 Å². The Hall–Kier alpha value is -0.400. The Bertz CT molecular complexity index is 163. The zero-order valence-electron chi connectivity index (χ0n) is 7.52. The van der Waals surface area contributed by atoms with Gasteiger partial charge in [-0.1, -0.05) is 26.3 Å². The minimum absolute atomic E-state index is 0.239. The van der Waals surface area contributed by atoms with Crippen molar-refractivity contribution in [3.05, 3.63) is 12.7 Å². The summed E-state index contributed by atoms with van der Waals surface area (Å²) in [5.74, 6) is -2.81. The van der Waals surface area contributed by atoms with Gasteiger partial charge in [0.15, 0.2) is 0 Å². The molecule has 1 fully saturated rings. The van der Waals surface area contributed by atoms with Crippen LogP contribution in [0.15, 0.2) is 12.7 Å². The topological polar surface area (TPSA) is 0 Å². The zero-order chi connectivity index (χ0) is 9.19. The van der Waals surface area contributed by atoms with Gasteiger partial charge in [-0.3, -0.25) is 0 Å². The molecule has 0 bridgehead atoms. The smallest absolute Gasteiger partial charge is 0.202 e. The Morgan fingerprint density at radius 3 is 2.50 bits per heavy atom. The third kappa shape index (κ3) is 1.67. The summed E-state index contributed by atoms with van der Waals surface area (Å²) < 4.78 is 26.1. The molecule has 2 heteroatoms. The van der Waals surface area contributed by atoms with Crippen molar-refractivity contribution in [2.75, 3.05) is 0 Å². The van der Waals surface area contributed by atoms with Gasteiger partial charge < -0.3 is 0 Å². The monoisotopic (exact) mass is 174 g/mol. The van der Waals surface area contributed by atoms with Crippen molar-refractivity contribution in [2.24, 2.45) is 11.8 Å². The molecule has 0 aliphatic heterocycles. The van der Waals surface area contributed by atoms with E-state index in [-0.39, 0.29) is 5.92 Å². The molecule has 2 unspecified atom stereocenters. The van der Waals surface area contributed by atoms with Crippen LogP contribution in [0.25, 0.3) is 0 Å². The van der Waals surface area contributed by atoms with Crippen molar-refractivity contribution in [3.63, 3.8) is 0 Å². The first kappa shape index (κ1) is 9.69. The molecule has 1 rings (SSSR count). The molecule has 0 saturated heterocycles. The van der Waals surface area contributed by atoms with Crippen molar-refractivity contribution >= 4 is 0 Å². The Labute approximate surface area is 72.7 Å². The Morgan fingerprint density at radius 1 is 1.50 bits per heavy atom. The molecule has 0 heterocycles. The number of rotatable bonds is 4. The summed E-state index contributed by atoms with van der Waals surface area (Å²) in [5.41, 5.74) is 0. The maximum atomic E-state index is 13.1. The van der Waals surface area contributed by atoms with E-state index in [1.54, 1.807) is 0 Å². The molecule has 2 atom stereocenters. The molecule has 1 aliphatic rings. The summed E-state index contributed by atoms with van der Waals surface area (Å²) in [7, 11) is 0. The van der Waals surface area contributed by atoms with Gasteiger partial charge in [0.2, 0.25) is 0 Å². The molecule has 0 radical (unpaired) electrons. The van der Waals surface area contributed by atoms with Gasteiger partial charge in [0.1, 0.15) is 0 Å². The van der Waals surface area contributed by atoms with Crippen molar-refractivity contribution < 1.29 is 8.78 Å². The zero-order valence-corrected chi connectivity index (χ0v) is 7.52. The molecule has 1 aliphatic carbocycles. The predicted octanol–water partition coefficient (Wildman–Crippen LogP) is 3.63. The van der Waals surface area contributed by atoms with Crippen LogP contribution in [-0.2, 0) is 0 Å². The lowest BCUT2D eigenvalue weighted by atomic mass is 9.68. The van der Waals surface area contributed by atoms with Gasteiger partial charge in [0.05, 0.1) is 0 Å². The number of hydrogen-bond donors (Lipinski definition) is 0. The Morgan fingerprint density at radius 2 is 2.17 bits per heavy atom. The average Bonchev–Trinajstić information content (AvgIpc) is 1.97. The van der Waals surface area contributed by atoms with Gasteiger partial charge in [-0.05, 0) is 24.8 Å². The fourth-order valence-corrected chi connectivity index (χ4v) is 1.94. The van der Waals surface area contributed by atoms with E-state index < -0.39 is 11.8 Å². The van der Waals surface area contributed by atoms with Crippen molar-refractivity contribution in [2.45, 2.75) is 38.5 Å². The molecule has 0 N–H and O–H groups in total. The van der Waals surface area contributed by atoms with Crippen LogP contribution in [0.5, 0.6) is 0 Å². The number of halogens is 2. The summed E-state index contributed by atoms with van der Waals surface area (Å²) in [5, 5.41) is 0. The summed E-state index contributed by atoms with van der Waals surface area (Å²) in [6.45, 7) is 5.22. The average molecular weight is 174 g/mol. The number of allylic oxidation sites excluding steroid dienone is 1. The molecule has 0 amide bonds. The minimum atomic E-state index is -2.63. The van der Waals surface area contributed by atoms with Crippen molar-refractivity contribution in [3.8, 4) is 0 Å². The highest BCUT2D eigenvalue weighted by Crippen LogP contribution is 2.47. The van der Waals surface area contributed by atoms with Crippen LogP contribution in [0.2, 0.25) is 0 Å². The molecule has 0 nitrogen and oxygen atoms in total. The summed E-state index contributed by atoms with van der Waals surface area (Å²) in [6.07, 6.45) is 4.40. The molecule has 0 aromatic heterocycles. The first-order chi connectivity index (χ1) is 5.61. The predicted molar refractivity (Wildman–Crippen MR) is 46.3 cm³/mol. The molecular formula is C10H16F2. The van der Waals surface area contributed by atoms with Gasteiger partial charge in [0.25, 0.3) is 5.92 Å². The molecule has 70 valence electrons. The Balaban J connectivity index is 2.47. The minimum Gasteiger partial charge on any atom is -0.202 e. The van der Waals surface area contributed by atoms with Gasteiger partial charge in [-0.25, -0.2) is 8.78 Å². The normalized spacial score (nSPS) is 29.6. The highest BCUT2D eigenvalue weighted by molar-refractivity contribution is 4.99. The summed E-state index contributed by atoms with van der Waals surface area (Å²) in [6, 6.07) is 0. The molecule has 0 spiro atoms. The molecule has 0 aromatic rings. The first-order valence-corrected chi connectivity index (χ1v) is 4.63. The maximum absolute atomic E-state index is 13.1. The fraction of sp³-hybridized carbons (Fsp3) is 0.800. The van der Waals surface area contributed by atoms with Crippen LogP contribution in [0, 0.1) is 11.8 Å². The molecule has 1 saturated carbocycles. The number of hydrogen-bond acceptors (Lipinski definition) is 0. The molecule has 0 aromatic carbocycles. The highest BCUT2D eigenvalue weighted by atomic mass is 19.3. The van der Waals surface area contributed by atoms with E-state index in [9.17, 15) is 8.78 Å². The molecule has 12 heavy (non-hydrogen) atoms. The van der Waals surface area contributed by atoms with Crippen LogP contribution in [0.1, 0.15) is 32.6 Å². The highest BCUT2D eigenvalue weighted by Gasteiger charge is 2.46. The van der Waals surface area contributed by atoms with Crippen LogP contribution in [-0.4, -0.2) is 5.92 Å². The summed E-state index contributed by atoms with van der Waals surface area (Å²) >= 11 is 0. The lowest BCUT2D eigenvalue weighted by Gasteiger charge is -2.40. The fourth-order valence-electron chi connectivity index (χ4n) is 1.94. The Kier molecular flexibility index (Phi) is 2.86. The molecular weight excluding hydrogens is 158 g/mol. The SMILES string of the molecule is C=CC(F)(F)C1CCC1CCC. The lowest BCUT2D eigenvalue weighted by molar-refractivity contribution is -0.0797. The quantitative estimate of drug-likeness (QED) is 0.571. The second-order valence-corrected chi connectivity index (χ2v) is 3.61.